The summed E-state index contributed by atoms with van der Waals surface area (Å²) in [7, 11) is 0. The van der Waals surface area contributed by atoms with Crippen molar-refractivity contribution in [3.63, 3.8) is 0 Å². The van der Waals surface area contributed by atoms with Crippen molar-refractivity contribution in [2.24, 2.45) is 0 Å². The molecule has 9 aromatic carbocycles. The molecule has 298 valence electrons. The zero-order chi connectivity index (χ0) is 42.2. The lowest BCUT2D eigenvalue weighted by Crippen LogP contribution is -2.32. The fraction of sp³-hybridized carbons (Fsp3) is 0.0169. The van der Waals surface area contributed by atoms with E-state index in [4.69, 9.17) is 24.7 Å². The molecule has 2 aromatic heterocycles. The Hall–Kier alpha value is -8.54. The van der Waals surface area contributed by atoms with Gasteiger partial charge in [0.05, 0.1) is 16.6 Å². The second-order valence-corrected chi connectivity index (χ2v) is 16.5. The van der Waals surface area contributed by atoms with Gasteiger partial charge in [-0.2, -0.15) is 0 Å². The summed E-state index contributed by atoms with van der Waals surface area (Å²) >= 11 is 0. The molecule has 0 fully saturated rings. The molecule has 11 aromatic rings. The van der Waals surface area contributed by atoms with E-state index in [9.17, 15) is 0 Å². The van der Waals surface area contributed by atoms with Gasteiger partial charge in [-0.15, -0.1) is 0 Å². The molecule has 5 nitrogen and oxygen atoms in total. The van der Waals surface area contributed by atoms with Crippen LogP contribution in [0.1, 0.15) is 22.3 Å². The predicted octanol–water partition coefficient (Wildman–Crippen LogP) is 14.4. The van der Waals surface area contributed by atoms with Crippen LogP contribution in [0.3, 0.4) is 0 Å². The Bertz CT molecular complexity index is 3540. The summed E-state index contributed by atoms with van der Waals surface area (Å²) in [5, 5.41) is 3.41. The van der Waals surface area contributed by atoms with Gasteiger partial charge in [0.2, 0.25) is 0 Å². The first-order valence-corrected chi connectivity index (χ1v) is 21.6. The number of ether oxygens (including phenoxy) is 1. The van der Waals surface area contributed by atoms with E-state index in [1.54, 1.807) is 0 Å². The maximum Gasteiger partial charge on any atom is 0.164 e. The second kappa shape index (κ2) is 14.3. The number of rotatable bonds is 5. The lowest BCUT2D eigenvalue weighted by molar-refractivity contribution is 0.436. The van der Waals surface area contributed by atoms with Crippen LogP contribution in [0.2, 0.25) is 0 Å². The number of pyridine rings is 1. The molecular formula is C59H36N4O. The van der Waals surface area contributed by atoms with Crippen LogP contribution < -0.4 is 4.74 Å². The largest absolute Gasteiger partial charge is 0.457 e. The van der Waals surface area contributed by atoms with E-state index < -0.39 is 5.41 Å². The van der Waals surface area contributed by atoms with Crippen molar-refractivity contribution in [3.8, 4) is 79.2 Å². The highest BCUT2D eigenvalue weighted by atomic mass is 16.5. The van der Waals surface area contributed by atoms with Crippen LogP contribution in [0.4, 0.5) is 0 Å². The van der Waals surface area contributed by atoms with E-state index in [1.807, 2.05) is 60.7 Å². The van der Waals surface area contributed by atoms with Crippen LogP contribution in [0, 0.1) is 0 Å². The van der Waals surface area contributed by atoms with E-state index in [1.165, 1.54) is 27.6 Å². The summed E-state index contributed by atoms with van der Waals surface area (Å²) in [6.45, 7) is 0. The van der Waals surface area contributed by atoms with Crippen molar-refractivity contribution in [2.45, 2.75) is 5.41 Å². The number of benzene rings is 9. The van der Waals surface area contributed by atoms with Crippen LogP contribution >= 0.6 is 0 Å². The van der Waals surface area contributed by atoms with Gasteiger partial charge in [0.25, 0.3) is 0 Å². The topological polar surface area (TPSA) is 60.8 Å². The van der Waals surface area contributed by atoms with E-state index >= 15 is 0 Å². The zero-order valence-corrected chi connectivity index (χ0v) is 34.5. The van der Waals surface area contributed by atoms with Crippen LogP contribution in [-0.4, -0.2) is 19.9 Å². The Morgan fingerprint density at radius 1 is 0.328 bits per heavy atom. The van der Waals surface area contributed by atoms with Crippen molar-refractivity contribution >= 4 is 21.7 Å². The zero-order valence-electron chi connectivity index (χ0n) is 34.5. The monoisotopic (exact) mass is 816 g/mol. The summed E-state index contributed by atoms with van der Waals surface area (Å²) in [5.74, 6) is 3.64. The van der Waals surface area contributed by atoms with Crippen LogP contribution in [0.5, 0.6) is 11.5 Å². The van der Waals surface area contributed by atoms with E-state index in [0.717, 1.165) is 78.0 Å². The number of hydrogen-bond donors (Lipinski definition) is 0. The summed E-state index contributed by atoms with van der Waals surface area (Å²) in [6.07, 6.45) is 0. The summed E-state index contributed by atoms with van der Waals surface area (Å²) in [6, 6.07) is 76.7. The van der Waals surface area contributed by atoms with Gasteiger partial charge in [-0.25, -0.2) is 19.9 Å². The molecular weight excluding hydrogens is 781 g/mol. The molecule has 64 heavy (non-hydrogen) atoms. The van der Waals surface area contributed by atoms with E-state index in [2.05, 4.69) is 158 Å². The van der Waals surface area contributed by atoms with Crippen LogP contribution in [0.15, 0.2) is 218 Å². The number of nitrogens with zero attached hydrogens (tertiary/aromatic N) is 4. The van der Waals surface area contributed by atoms with Crippen molar-refractivity contribution in [1.29, 1.82) is 0 Å². The molecule has 0 atom stereocenters. The molecule has 0 bridgehead atoms. The normalized spacial score (nSPS) is 12.9. The molecule has 0 saturated carbocycles. The van der Waals surface area contributed by atoms with Gasteiger partial charge >= 0.3 is 0 Å². The average Bonchev–Trinajstić information content (AvgIpc) is 3.67. The Morgan fingerprint density at radius 2 is 0.828 bits per heavy atom. The lowest BCUT2D eigenvalue weighted by Gasteiger charge is -2.39. The fourth-order valence-corrected chi connectivity index (χ4v) is 10.2. The van der Waals surface area contributed by atoms with Gasteiger partial charge in [-0.3, -0.25) is 0 Å². The minimum absolute atomic E-state index is 0.579. The standard InChI is InChI=1S/C59H36N4O/c1-4-17-37(18-5-1)55-45-33-34-49-54(43-25-10-11-26-46(43)59(49)47-27-12-14-29-51(47)64-52-30-15-13-28-48(52)59)53(45)44-32-31-41(36-50(44)60-55)40-23-16-24-42(35-40)58-62-56(38-19-6-2-7-20-38)61-57(63-58)39-21-8-3-9-22-39/h1-36H. The lowest BCUT2D eigenvalue weighted by atomic mass is 9.66. The highest BCUT2D eigenvalue weighted by molar-refractivity contribution is 6.20. The third-order valence-electron chi connectivity index (χ3n) is 13.0. The molecule has 0 N–H and O–H groups in total. The van der Waals surface area contributed by atoms with Crippen molar-refractivity contribution in [3.05, 3.63) is 241 Å². The molecule has 1 aliphatic heterocycles. The Morgan fingerprint density at radius 3 is 1.48 bits per heavy atom. The van der Waals surface area contributed by atoms with Gasteiger partial charge in [-0.1, -0.05) is 194 Å². The quantitative estimate of drug-likeness (QED) is 0.162. The minimum Gasteiger partial charge on any atom is -0.457 e. The third-order valence-corrected chi connectivity index (χ3v) is 13.0. The second-order valence-electron chi connectivity index (χ2n) is 16.5. The van der Waals surface area contributed by atoms with E-state index in [0.29, 0.717) is 17.5 Å². The van der Waals surface area contributed by atoms with Crippen LogP contribution in [-0.2, 0) is 5.41 Å². The molecule has 0 saturated heterocycles. The number of fused-ring (bicyclic) bond motifs is 13. The maximum absolute atomic E-state index is 6.65. The number of hydrogen-bond acceptors (Lipinski definition) is 5. The Kier molecular flexibility index (Phi) is 8.06. The first-order valence-electron chi connectivity index (χ1n) is 21.6. The van der Waals surface area contributed by atoms with Gasteiger partial charge in [0, 0.05) is 49.5 Å². The minimum atomic E-state index is -0.579. The summed E-state index contributed by atoms with van der Waals surface area (Å²) < 4.78 is 6.65. The van der Waals surface area contributed by atoms with Crippen molar-refractivity contribution in [2.75, 3.05) is 0 Å². The highest BCUT2D eigenvalue weighted by Gasteiger charge is 2.51. The average molecular weight is 817 g/mol. The van der Waals surface area contributed by atoms with Crippen molar-refractivity contribution < 1.29 is 4.74 Å². The molecule has 13 rings (SSSR count). The van der Waals surface area contributed by atoms with Crippen molar-refractivity contribution in [1.82, 2.24) is 19.9 Å². The fourth-order valence-electron chi connectivity index (χ4n) is 10.2. The van der Waals surface area contributed by atoms with Gasteiger partial charge < -0.3 is 4.74 Å². The SMILES string of the molecule is c1ccc(-c2nc(-c3ccccc3)nc(-c3cccc(-c4ccc5c(c4)nc(-c4ccccc4)c4ccc6c(c45)-c4ccccc4C64c5ccccc5Oc5ccccc54)c3)n2)cc1. The number of aromatic nitrogens is 4. The molecule has 5 heteroatoms. The summed E-state index contributed by atoms with van der Waals surface area (Å²) in [4.78, 5) is 20.5. The summed E-state index contributed by atoms with van der Waals surface area (Å²) in [5.41, 5.74) is 14.5. The highest BCUT2D eigenvalue weighted by Crippen LogP contribution is 2.63. The first kappa shape index (κ1) is 36.1. The van der Waals surface area contributed by atoms with E-state index in [-0.39, 0.29) is 0 Å². The van der Waals surface area contributed by atoms with Crippen LogP contribution in [0.25, 0.3) is 89.4 Å². The molecule has 1 aliphatic carbocycles. The molecule has 0 amide bonds. The molecule has 3 heterocycles. The Labute approximate surface area is 370 Å². The maximum atomic E-state index is 6.65. The number of para-hydroxylation sites is 2. The first-order chi connectivity index (χ1) is 31.7. The molecule has 0 radical (unpaired) electrons. The third kappa shape index (κ3) is 5.44. The Balaban J connectivity index is 1.04. The molecule has 0 unspecified atom stereocenters. The molecule has 1 spiro atoms. The molecule has 2 aliphatic rings. The van der Waals surface area contributed by atoms with Gasteiger partial charge in [-0.05, 0) is 57.6 Å². The smallest absolute Gasteiger partial charge is 0.164 e. The predicted molar refractivity (Wildman–Crippen MR) is 257 cm³/mol. The van der Waals surface area contributed by atoms with Gasteiger partial charge in [0.1, 0.15) is 11.5 Å². The van der Waals surface area contributed by atoms with Gasteiger partial charge in [0.15, 0.2) is 17.5 Å².